The van der Waals surface area contributed by atoms with Gasteiger partial charge in [0.05, 0.1) is 31.1 Å². The fourth-order valence-corrected chi connectivity index (χ4v) is 3.55. The third-order valence-electron chi connectivity index (χ3n) is 5.14. The third-order valence-corrected chi connectivity index (χ3v) is 5.14. The molecule has 3 aromatic rings. The number of carboxylic acids is 1. The molecular weight excluding hydrogens is 440 g/mol. The van der Waals surface area contributed by atoms with Crippen molar-refractivity contribution in [3.05, 3.63) is 80.9 Å². The second-order valence-electron chi connectivity index (χ2n) is 7.29. The predicted molar refractivity (Wildman–Crippen MR) is 110 cm³/mol. The number of pyridine rings is 2. The number of benzene rings is 1. The van der Waals surface area contributed by atoms with Gasteiger partial charge < -0.3 is 24.8 Å². The minimum atomic E-state index is -1.31. The van der Waals surface area contributed by atoms with Gasteiger partial charge in [-0.3, -0.25) is 19.4 Å². The molecule has 170 valence electrons. The van der Waals surface area contributed by atoms with E-state index in [1.165, 1.54) is 22.9 Å². The smallest absolute Gasteiger partial charge is 0.322 e. The maximum Gasteiger partial charge on any atom is 0.322 e. The zero-order chi connectivity index (χ0) is 23.7. The average Bonchev–Trinajstić information content (AvgIpc) is 3.26. The molecule has 0 bridgehead atoms. The molecule has 0 radical (unpaired) electrons. The Labute approximate surface area is 184 Å². The molecule has 0 aliphatic carbocycles. The lowest BCUT2D eigenvalue weighted by atomic mass is 10.1. The third kappa shape index (κ3) is 4.30. The van der Waals surface area contributed by atoms with Crippen molar-refractivity contribution in [2.45, 2.75) is 19.8 Å². The highest BCUT2D eigenvalue weighted by Gasteiger charge is 2.29. The fourth-order valence-electron chi connectivity index (χ4n) is 3.55. The number of fused-ring (bicyclic) bond motifs is 1. The molecule has 4 rings (SSSR count). The summed E-state index contributed by atoms with van der Waals surface area (Å²) in [6.45, 7) is -0.761. The lowest BCUT2D eigenvalue weighted by Gasteiger charge is -2.15. The van der Waals surface area contributed by atoms with Crippen LogP contribution >= 0.6 is 0 Å². The molecular formula is C22H17F2N3O6. The monoisotopic (exact) mass is 457 g/mol. The summed E-state index contributed by atoms with van der Waals surface area (Å²) in [6, 6.07) is 6.24. The summed E-state index contributed by atoms with van der Waals surface area (Å²) in [6.07, 6.45) is 1.41. The van der Waals surface area contributed by atoms with Gasteiger partial charge in [-0.15, -0.1) is 0 Å². The maximum atomic E-state index is 14.0. The number of aromatic hydroxyl groups is 1. The van der Waals surface area contributed by atoms with E-state index >= 15 is 0 Å². The number of nitrogens with zero attached hydrogens (tertiary/aromatic N) is 2. The second-order valence-corrected chi connectivity index (χ2v) is 7.29. The van der Waals surface area contributed by atoms with Crippen LogP contribution in [0.2, 0.25) is 0 Å². The standard InChI is InChI=1S/C22H17F2N3O6/c23-12-2-3-13(15(24)5-12)16-4-1-11(6-25-16)8-27-17-10-33-9-14(17)20(30)19(22(27)32)21(31)26-7-18(28)29/h1-6,30H,7-10H2,(H,26,31)(H,28,29). The molecule has 1 aliphatic rings. The Bertz CT molecular complexity index is 1320. The number of aliphatic carboxylic acids is 1. The number of rotatable bonds is 6. The first-order valence-corrected chi connectivity index (χ1v) is 9.72. The molecule has 0 atom stereocenters. The Balaban J connectivity index is 1.69. The zero-order valence-corrected chi connectivity index (χ0v) is 17.0. The van der Waals surface area contributed by atoms with Crippen LogP contribution in [-0.4, -0.2) is 38.2 Å². The molecule has 0 fully saturated rings. The Morgan fingerprint density at radius 3 is 2.64 bits per heavy atom. The van der Waals surface area contributed by atoms with Crippen LogP contribution in [0.4, 0.5) is 8.78 Å². The molecule has 0 spiro atoms. The van der Waals surface area contributed by atoms with Gasteiger partial charge in [0.25, 0.3) is 11.5 Å². The number of amides is 1. The van der Waals surface area contributed by atoms with Crippen LogP contribution in [0, 0.1) is 11.6 Å². The van der Waals surface area contributed by atoms with Crippen molar-refractivity contribution in [1.29, 1.82) is 0 Å². The Morgan fingerprint density at radius 1 is 1.18 bits per heavy atom. The van der Waals surface area contributed by atoms with Crippen LogP contribution in [0.25, 0.3) is 11.3 Å². The zero-order valence-electron chi connectivity index (χ0n) is 17.0. The highest BCUT2D eigenvalue weighted by Crippen LogP contribution is 2.30. The number of hydrogen-bond acceptors (Lipinski definition) is 6. The molecule has 3 N–H and O–H groups in total. The number of halogens is 2. The van der Waals surface area contributed by atoms with Crippen LogP contribution in [-0.2, 0) is 29.3 Å². The van der Waals surface area contributed by atoms with Gasteiger partial charge in [-0.1, -0.05) is 6.07 Å². The molecule has 11 heteroatoms. The first-order valence-electron chi connectivity index (χ1n) is 9.72. The van der Waals surface area contributed by atoms with Crippen LogP contribution in [0.5, 0.6) is 5.75 Å². The van der Waals surface area contributed by atoms with E-state index in [2.05, 4.69) is 10.3 Å². The lowest BCUT2D eigenvalue weighted by molar-refractivity contribution is -0.135. The highest BCUT2D eigenvalue weighted by molar-refractivity contribution is 5.98. The molecule has 0 unspecified atom stereocenters. The molecule has 33 heavy (non-hydrogen) atoms. The van der Waals surface area contributed by atoms with Crippen molar-refractivity contribution in [1.82, 2.24) is 14.9 Å². The molecule has 0 saturated carbocycles. The molecule has 0 saturated heterocycles. The molecule has 9 nitrogen and oxygen atoms in total. The van der Waals surface area contributed by atoms with E-state index in [9.17, 15) is 28.3 Å². The number of carbonyl (C=O) groups is 2. The minimum absolute atomic E-state index is 0.0261. The van der Waals surface area contributed by atoms with E-state index in [0.717, 1.165) is 12.1 Å². The Kier molecular flexibility index (Phi) is 5.88. The predicted octanol–water partition coefficient (Wildman–Crippen LogP) is 1.79. The quantitative estimate of drug-likeness (QED) is 0.514. The van der Waals surface area contributed by atoms with Gasteiger partial charge in [0.1, 0.15) is 29.5 Å². The van der Waals surface area contributed by atoms with Crippen LogP contribution in [0.15, 0.2) is 41.3 Å². The van der Waals surface area contributed by atoms with Crippen molar-refractivity contribution in [3.63, 3.8) is 0 Å². The van der Waals surface area contributed by atoms with Gasteiger partial charge in [0.15, 0.2) is 0 Å². The SMILES string of the molecule is O=C(O)CNC(=O)c1c(O)c2c(n(Cc3ccc(-c4ccc(F)cc4F)nc3)c1=O)COC2. The molecule has 1 amide bonds. The van der Waals surface area contributed by atoms with E-state index in [4.69, 9.17) is 9.84 Å². The number of aromatic nitrogens is 2. The normalized spacial score (nSPS) is 12.4. The number of carbonyl (C=O) groups excluding carboxylic acids is 1. The van der Waals surface area contributed by atoms with Crippen molar-refractivity contribution >= 4 is 11.9 Å². The molecule has 1 aliphatic heterocycles. The van der Waals surface area contributed by atoms with Crippen molar-refractivity contribution in [3.8, 4) is 17.0 Å². The first-order chi connectivity index (χ1) is 15.8. The van der Waals surface area contributed by atoms with Crippen LogP contribution in [0.1, 0.15) is 27.2 Å². The fraction of sp³-hybridized carbons (Fsp3) is 0.182. The van der Waals surface area contributed by atoms with Gasteiger partial charge in [0.2, 0.25) is 0 Å². The topological polar surface area (TPSA) is 131 Å². The van der Waals surface area contributed by atoms with Gasteiger partial charge in [0, 0.05) is 23.4 Å². The van der Waals surface area contributed by atoms with Gasteiger partial charge >= 0.3 is 5.97 Å². The lowest BCUT2D eigenvalue weighted by Crippen LogP contribution is -2.37. The average molecular weight is 457 g/mol. The van der Waals surface area contributed by atoms with Crippen LogP contribution in [0.3, 0.4) is 0 Å². The van der Waals surface area contributed by atoms with E-state index in [1.54, 1.807) is 6.07 Å². The summed E-state index contributed by atoms with van der Waals surface area (Å²) in [5.74, 6) is -4.36. The molecule has 3 heterocycles. The highest BCUT2D eigenvalue weighted by atomic mass is 19.1. The van der Waals surface area contributed by atoms with Gasteiger partial charge in [-0.25, -0.2) is 8.78 Å². The van der Waals surface area contributed by atoms with Crippen molar-refractivity contribution in [2.24, 2.45) is 0 Å². The number of ether oxygens (including phenoxy) is 1. The summed E-state index contributed by atoms with van der Waals surface area (Å²) in [5.41, 5.74) is 0.119. The van der Waals surface area contributed by atoms with E-state index in [-0.39, 0.29) is 36.6 Å². The van der Waals surface area contributed by atoms with Crippen molar-refractivity contribution in [2.75, 3.05) is 6.54 Å². The summed E-state index contributed by atoms with van der Waals surface area (Å²) >= 11 is 0. The summed E-state index contributed by atoms with van der Waals surface area (Å²) in [4.78, 5) is 40.3. The maximum absolute atomic E-state index is 14.0. The first kappa shape index (κ1) is 22.1. The van der Waals surface area contributed by atoms with Crippen molar-refractivity contribution < 1.29 is 33.3 Å². The van der Waals surface area contributed by atoms with E-state index < -0.39 is 46.9 Å². The van der Waals surface area contributed by atoms with Gasteiger partial charge in [-0.2, -0.15) is 0 Å². The van der Waals surface area contributed by atoms with E-state index in [1.807, 2.05) is 0 Å². The van der Waals surface area contributed by atoms with Crippen LogP contribution < -0.4 is 10.9 Å². The Morgan fingerprint density at radius 2 is 1.97 bits per heavy atom. The van der Waals surface area contributed by atoms with E-state index in [0.29, 0.717) is 11.3 Å². The summed E-state index contributed by atoms with van der Waals surface area (Å²) < 4.78 is 33.7. The number of carboxylic acid groups (broad SMARTS) is 1. The largest absolute Gasteiger partial charge is 0.506 e. The number of hydrogen-bond donors (Lipinski definition) is 3. The molecule has 1 aromatic carbocycles. The Hall–Kier alpha value is -4.12. The minimum Gasteiger partial charge on any atom is -0.506 e. The summed E-state index contributed by atoms with van der Waals surface area (Å²) in [7, 11) is 0. The second kappa shape index (κ2) is 8.79. The number of nitrogens with one attached hydrogen (secondary N) is 1. The van der Waals surface area contributed by atoms with Gasteiger partial charge in [-0.05, 0) is 23.8 Å². The molecule has 2 aromatic heterocycles. The summed E-state index contributed by atoms with van der Waals surface area (Å²) in [5, 5.41) is 21.3.